The Morgan fingerprint density at radius 1 is 1.31 bits per heavy atom. The third kappa shape index (κ3) is 3.14. The van der Waals surface area contributed by atoms with Crippen LogP contribution in [0.3, 0.4) is 0 Å². The second-order valence-corrected chi connectivity index (χ2v) is 8.39. The second kappa shape index (κ2) is 7.61. The van der Waals surface area contributed by atoms with E-state index in [1.165, 1.54) is 0 Å². The van der Waals surface area contributed by atoms with Gasteiger partial charge in [0.15, 0.2) is 0 Å². The molecule has 0 atom stereocenters. The molecule has 32 heavy (non-hydrogen) atoms. The molecule has 0 radical (unpaired) electrons. The molecule has 1 saturated heterocycles. The third-order valence-electron chi connectivity index (χ3n) is 6.19. The molecule has 0 bridgehead atoms. The number of piperidine rings is 1. The number of nitrogens with two attached hydrogens (primary N) is 1. The number of nitrogens with zero attached hydrogens (tertiary/aromatic N) is 5. The Hall–Kier alpha value is -3.99. The van der Waals surface area contributed by atoms with Crippen LogP contribution in [0.5, 0.6) is 0 Å². The van der Waals surface area contributed by atoms with Crippen LogP contribution in [0.2, 0.25) is 0 Å². The average molecular weight is 428 g/mol. The summed E-state index contributed by atoms with van der Waals surface area (Å²) in [6.07, 6.45) is 11.0. The SMILES string of the molecule is C#Cc1cccc2cc(-c3nc(C4CCN(C(=O)N(C)C)CC4)n4ccnc(N)c34)[nH]c12. The molecule has 0 aliphatic carbocycles. The molecule has 0 spiro atoms. The van der Waals surface area contributed by atoms with Gasteiger partial charge < -0.3 is 20.5 Å². The number of hydrogen-bond donors (Lipinski definition) is 2. The van der Waals surface area contributed by atoms with E-state index in [0.29, 0.717) is 18.9 Å². The number of imidazole rings is 1. The number of nitrogen functional groups attached to an aromatic ring is 1. The number of nitrogens with one attached hydrogen (secondary N) is 1. The molecule has 4 heterocycles. The summed E-state index contributed by atoms with van der Waals surface area (Å²) in [5.41, 5.74) is 10.4. The number of terminal acetylenes is 1. The summed E-state index contributed by atoms with van der Waals surface area (Å²) in [7, 11) is 3.56. The molecule has 3 aromatic heterocycles. The first-order valence-corrected chi connectivity index (χ1v) is 10.6. The van der Waals surface area contributed by atoms with Gasteiger partial charge in [0.1, 0.15) is 22.9 Å². The van der Waals surface area contributed by atoms with Crippen molar-refractivity contribution in [2.75, 3.05) is 32.9 Å². The van der Waals surface area contributed by atoms with Crippen LogP contribution in [0.15, 0.2) is 36.7 Å². The number of aromatic amines is 1. The summed E-state index contributed by atoms with van der Waals surface area (Å²) in [4.78, 5) is 28.6. The quantitative estimate of drug-likeness (QED) is 0.480. The molecule has 2 amide bonds. The lowest BCUT2D eigenvalue weighted by Crippen LogP contribution is -2.43. The van der Waals surface area contributed by atoms with Gasteiger partial charge in [-0.2, -0.15) is 0 Å². The number of likely N-dealkylation sites (tertiary alicyclic amines) is 1. The van der Waals surface area contributed by atoms with Crippen molar-refractivity contribution in [1.82, 2.24) is 29.2 Å². The molecule has 1 fully saturated rings. The van der Waals surface area contributed by atoms with Crippen LogP contribution < -0.4 is 5.73 Å². The van der Waals surface area contributed by atoms with Crippen LogP contribution in [0, 0.1) is 12.3 Å². The van der Waals surface area contributed by atoms with Crippen molar-refractivity contribution in [2.45, 2.75) is 18.8 Å². The fourth-order valence-electron chi connectivity index (χ4n) is 4.58. The Balaban J connectivity index is 1.57. The van der Waals surface area contributed by atoms with E-state index in [1.54, 1.807) is 25.2 Å². The maximum Gasteiger partial charge on any atom is 0.319 e. The minimum Gasteiger partial charge on any atom is -0.382 e. The molecule has 162 valence electrons. The Labute approximate surface area is 186 Å². The predicted octanol–water partition coefficient (Wildman–Crippen LogP) is 3.30. The van der Waals surface area contributed by atoms with Crippen molar-refractivity contribution in [3.05, 3.63) is 48.0 Å². The second-order valence-electron chi connectivity index (χ2n) is 8.39. The van der Waals surface area contributed by atoms with E-state index in [2.05, 4.69) is 15.9 Å². The lowest BCUT2D eigenvalue weighted by Gasteiger charge is -2.33. The van der Waals surface area contributed by atoms with Gasteiger partial charge in [0.25, 0.3) is 0 Å². The molecule has 8 nitrogen and oxygen atoms in total. The van der Waals surface area contributed by atoms with Gasteiger partial charge in [0.2, 0.25) is 0 Å². The number of fused-ring (bicyclic) bond motifs is 2. The Bertz CT molecular complexity index is 1370. The minimum absolute atomic E-state index is 0.0490. The summed E-state index contributed by atoms with van der Waals surface area (Å²) >= 11 is 0. The minimum atomic E-state index is 0.0490. The van der Waals surface area contributed by atoms with Crippen molar-refractivity contribution in [1.29, 1.82) is 0 Å². The fourth-order valence-corrected chi connectivity index (χ4v) is 4.58. The van der Waals surface area contributed by atoms with E-state index in [0.717, 1.165) is 52.0 Å². The standard InChI is InChI=1S/C24H25N7O/c1-4-15-6-5-7-17-14-18(27-19(15)17)20-21-22(25)26-10-13-31(21)23(28-20)16-8-11-30(12-9-16)24(32)29(2)3/h1,5-7,10,13-14,16,27H,8-9,11-12H2,2-3H3,(H2,25,26). The molecule has 0 unspecified atom stereocenters. The van der Waals surface area contributed by atoms with Gasteiger partial charge in [-0.3, -0.25) is 4.40 Å². The van der Waals surface area contributed by atoms with Crippen molar-refractivity contribution in [3.63, 3.8) is 0 Å². The first kappa shape index (κ1) is 19.9. The van der Waals surface area contributed by atoms with Crippen LogP contribution >= 0.6 is 0 Å². The molecule has 1 aliphatic heterocycles. The van der Waals surface area contributed by atoms with Crippen LogP contribution in [0.25, 0.3) is 27.8 Å². The monoisotopic (exact) mass is 427 g/mol. The molecule has 1 aromatic carbocycles. The number of H-pyrrole nitrogens is 1. The first-order chi connectivity index (χ1) is 15.5. The van der Waals surface area contributed by atoms with Gasteiger partial charge in [0, 0.05) is 56.4 Å². The fraction of sp³-hybridized carbons (Fsp3) is 0.292. The molecular weight excluding hydrogens is 402 g/mol. The zero-order valence-corrected chi connectivity index (χ0v) is 18.2. The summed E-state index contributed by atoms with van der Waals surface area (Å²) in [6, 6.07) is 7.98. The summed E-state index contributed by atoms with van der Waals surface area (Å²) in [6.45, 7) is 1.40. The Kier molecular flexibility index (Phi) is 4.74. The third-order valence-corrected chi connectivity index (χ3v) is 6.19. The summed E-state index contributed by atoms with van der Waals surface area (Å²) in [5, 5.41) is 1.02. The molecule has 0 saturated carbocycles. The van der Waals surface area contributed by atoms with Gasteiger partial charge in [-0.1, -0.05) is 18.1 Å². The number of benzene rings is 1. The number of rotatable bonds is 2. The first-order valence-electron chi connectivity index (χ1n) is 10.6. The van der Waals surface area contributed by atoms with Crippen molar-refractivity contribution < 1.29 is 4.79 Å². The molecule has 5 rings (SSSR count). The van der Waals surface area contributed by atoms with E-state index < -0.39 is 0 Å². The van der Waals surface area contributed by atoms with E-state index in [-0.39, 0.29) is 11.9 Å². The van der Waals surface area contributed by atoms with Crippen LogP contribution in [0.1, 0.15) is 30.1 Å². The highest BCUT2D eigenvalue weighted by Gasteiger charge is 2.29. The number of anilines is 1. The van der Waals surface area contributed by atoms with E-state index in [1.807, 2.05) is 39.8 Å². The molecule has 3 N–H and O–H groups in total. The number of urea groups is 1. The van der Waals surface area contributed by atoms with Crippen LogP contribution in [-0.4, -0.2) is 62.4 Å². The predicted molar refractivity (Wildman–Crippen MR) is 125 cm³/mol. The van der Waals surface area contributed by atoms with Crippen molar-refractivity contribution in [3.8, 4) is 23.7 Å². The van der Waals surface area contributed by atoms with Crippen molar-refractivity contribution >= 4 is 28.3 Å². The number of para-hydroxylation sites is 1. The lowest BCUT2D eigenvalue weighted by atomic mass is 9.96. The van der Waals surface area contributed by atoms with Crippen LogP contribution in [-0.2, 0) is 0 Å². The molecular formula is C24H25N7O. The number of amides is 2. The van der Waals surface area contributed by atoms with Gasteiger partial charge in [-0.25, -0.2) is 14.8 Å². The molecule has 4 aromatic rings. The van der Waals surface area contributed by atoms with E-state index in [4.69, 9.17) is 17.1 Å². The Morgan fingerprint density at radius 2 is 2.09 bits per heavy atom. The zero-order chi connectivity index (χ0) is 22.4. The lowest BCUT2D eigenvalue weighted by molar-refractivity contribution is 0.155. The highest BCUT2D eigenvalue weighted by Crippen LogP contribution is 2.35. The smallest absolute Gasteiger partial charge is 0.319 e. The van der Waals surface area contributed by atoms with Crippen molar-refractivity contribution in [2.24, 2.45) is 0 Å². The maximum absolute atomic E-state index is 12.3. The number of carbonyl (C=O) groups excluding carboxylic acids is 1. The molecule has 8 heteroatoms. The number of hydrogen-bond acceptors (Lipinski definition) is 4. The van der Waals surface area contributed by atoms with Gasteiger partial charge in [-0.15, -0.1) is 6.42 Å². The van der Waals surface area contributed by atoms with Crippen LogP contribution in [0.4, 0.5) is 10.6 Å². The zero-order valence-electron chi connectivity index (χ0n) is 18.2. The van der Waals surface area contributed by atoms with E-state index in [9.17, 15) is 4.79 Å². The normalized spacial score (nSPS) is 14.7. The number of aromatic nitrogens is 4. The summed E-state index contributed by atoms with van der Waals surface area (Å²) < 4.78 is 2.04. The van der Waals surface area contributed by atoms with E-state index >= 15 is 0 Å². The average Bonchev–Trinajstić information content (AvgIpc) is 3.41. The number of carbonyl (C=O) groups is 1. The van der Waals surface area contributed by atoms with Gasteiger partial charge >= 0.3 is 6.03 Å². The topological polar surface area (TPSA) is 95.6 Å². The largest absolute Gasteiger partial charge is 0.382 e. The molecule has 1 aliphatic rings. The Morgan fingerprint density at radius 3 is 2.81 bits per heavy atom. The van der Waals surface area contributed by atoms with Gasteiger partial charge in [0.05, 0.1) is 11.2 Å². The highest BCUT2D eigenvalue weighted by atomic mass is 16.2. The van der Waals surface area contributed by atoms with Gasteiger partial charge in [-0.05, 0) is 25.0 Å². The summed E-state index contributed by atoms with van der Waals surface area (Å²) in [5.74, 6) is 4.32. The maximum atomic E-state index is 12.3. The highest BCUT2D eigenvalue weighted by molar-refractivity contribution is 5.93.